The number of carboxylic acids is 1. The first kappa shape index (κ1) is 24.0. The molecular weight excluding hydrogens is 410 g/mol. The summed E-state index contributed by atoms with van der Waals surface area (Å²) in [5.74, 6) is -1.05. The van der Waals surface area contributed by atoms with Gasteiger partial charge in [-0.3, -0.25) is 4.79 Å². The number of carbonyl (C=O) groups is 2. The van der Waals surface area contributed by atoms with E-state index < -0.39 is 5.97 Å². The molecule has 3 aromatic rings. The van der Waals surface area contributed by atoms with Crippen LogP contribution in [0.5, 0.6) is 0 Å². The summed E-state index contributed by atoms with van der Waals surface area (Å²) in [7, 11) is 4.08. The minimum absolute atomic E-state index is 0.0807. The van der Waals surface area contributed by atoms with Crippen LogP contribution in [0.15, 0.2) is 66.7 Å². The van der Waals surface area contributed by atoms with E-state index in [0.29, 0.717) is 5.56 Å². The zero-order chi connectivity index (χ0) is 24.3. The maximum Gasteiger partial charge on any atom is 0.335 e. The van der Waals surface area contributed by atoms with E-state index in [-0.39, 0.29) is 16.8 Å². The van der Waals surface area contributed by atoms with Crippen LogP contribution in [0.4, 0.5) is 5.69 Å². The second kappa shape index (κ2) is 9.45. The van der Waals surface area contributed by atoms with Crippen molar-refractivity contribution < 1.29 is 14.7 Å². The standard InChI is InChI=1S/C29H31NO3/c1-19-23(25(31)17-14-20-12-15-22(16-13-20)28(32)33)18-24(29(2,3)4)27(30(5)6)26(19)21-10-8-7-9-11-21/h7-18H,1-6H3,(H,32,33). The molecule has 0 unspecified atom stereocenters. The van der Waals surface area contributed by atoms with Gasteiger partial charge in [0.15, 0.2) is 5.78 Å². The van der Waals surface area contributed by atoms with E-state index in [1.165, 1.54) is 12.1 Å². The van der Waals surface area contributed by atoms with Gasteiger partial charge in [-0.1, -0.05) is 69.3 Å². The molecule has 0 atom stereocenters. The molecule has 0 saturated heterocycles. The molecule has 0 spiro atoms. The molecule has 4 heteroatoms. The zero-order valence-electron chi connectivity index (χ0n) is 20.1. The van der Waals surface area contributed by atoms with Crippen LogP contribution in [0.2, 0.25) is 0 Å². The van der Waals surface area contributed by atoms with Gasteiger partial charge in [-0.05, 0) is 58.9 Å². The molecule has 3 aromatic carbocycles. The third kappa shape index (κ3) is 5.23. The number of rotatable bonds is 6. The lowest BCUT2D eigenvalue weighted by atomic mass is 9.79. The summed E-state index contributed by atoms with van der Waals surface area (Å²) < 4.78 is 0. The summed E-state index contributed by atoms with van der Waals surface area (Å²) in [4.78, 5) is 26.6. The van der Waals surface area contributed by atoms with E-state index in [0.717, 1.165) is 33.5 Å². The lowest BCUT2D eigenvalue weighted by molar-refractivity contribution is 0.0696. The quantitative estimate of drug-likeness (QED) is 0.345. The first-order valence-corrected chi connectivity index (χ1v) is 11.0. The van der Waals surface area contributed by atoms with Gasteiger partial charge in [0.05, 0.1) is 5.56 Å². The summed E-state index contributed by atoms with van der Waals surface area (Å²) in [5, 5.41) is 9.07. The fraction of sp³-hybridized carbons (Fsp3) is 0.241. The Morgan fingerprint density at radius 3 is 2.06 bits per heavy atom. The van der Waals surface area contributed by atoms with Crippen LogP contribution >= 0.6 is 0 Å². The SMILES string of the molecule is Cc1c(C(=O)C=Cc2ccc(C(=O)O)cc2)cc(C(C)(C)C)c(N(C)C)c1-c1ccccc1. The Morgan fingerprint density at radius 1 is 0.939 bits per heavy atom. The van der Waals surface area contributed by atoms with Crippen molar-refractivity contribution in [1.82, 2.24) is 0 Å². The molecule has 3 rings (SSSR count). The van der Waals surface area contributed by atoms with Gasteiger partial charge in [0.2, 0.25) is 0 Å². The van der Waals surface area contributed by atoms with E-state index in [9.17, 15) is 9.59 Å². The average Bonchev–Trinajstić information content (AvgIpc) is 2.77. The Hall–Kier alpha value is -3.66. The highest BCUT2D eigenvalue weighted by atomic mass is 16.4. The van der Waals surface area contributed by atoms with Crippen molar-refractivity contribution >= 4 is 23.5 Å². The molecule has 0 amide bonds. The molecule has 0 aromatic heterocycles. The molecule has 0 bridgehead atoms. The summed E-state index contributed by atoms with van der Waals surface area (Å²) in [5.41, 5.74) is 6.81. The van der Waals surface area contributed by atoms with Gasteiger partial charge in [0.25, 0.3) is 0 Å². The molecule has 33 heavy (non-hydrogen) atoms. The van der Waals surface area contributed by atoms with Crippen LogP contribution < -0.4 is 4.90 Å². The number of ketones is 1. The first-order chi connectivity index (χ1) is 15.5. The van der Waals surface area contributed by atoms with Crippen molar-refractivity contribution in [3.8, 4) is 11.1 Å². The van der Waals surface area contributed by atoms with Crippen molar-refractivity contribution in [2.24, 2.45) is 0 Å². The molecule has 0 fully saturated rings. The smallest absolute Gasteiger partial charge is 0.335 e. The number of carboxylic acid groups (broad SMARTS) is 1. The largest absolute Gasteiger partial charge is 0.478 e. The van der Waals surface area contributed by atoms with Crippen molar-refractivity contribution in [2.75, 3.05) is 19.0 Å². The molecular formula is C29H31NO3. The first-order valence-electron chi connectivity index (χ1n) is 11.0. The van der Waals surface area contributed by atoms with Gasteiger partial charge >= 0.3 is 5.97 Å². The minimum Gasteiger partial charge on any atom is -0.478 e. The maximum atomic E-state index is 13.4. The summed E-state index contributed by atoms with van der Waals surface area (Å²) in [6.07, 6.45) is 3.29. The number of allylic oxidation sites excluding steroid dienone is 1. The van der Waals surface area contributed by atoms with E-state index in [2.05, 4.69) is 37.8 Å². The molecule has 170 valence electrons. The lowest BCUT2D eigenvalue weighted by Gasteiger charge is -2.31. The Morgan fingerprint density at radius 2 is 1.55 bits per heavy atom. The number of benzene rings is 3. The van der Waals surface area contributed by atoms with Crippen molar-refractivity contribution in [3.05, 3.63) is 94.6 Å². The highest BCUT2D eigenvalue weighted by Crippen LogP contribution is 2.42. The van der Waals surface area contributed by atoms with Crippen molar-refractivity contribution in [3.63, 3.8) is 0 Å². The van der Waals surface area contributed by atoms with E-state index >= 15 is 0 Å². The van der Waals surface area contributed by atoms with E-state index in [4.69, 9.17) is 5.11 Å². The van der Waals surface area contributed by atoms with Crippen LogP contribution in [-0.2, 0) is 5.41 Å². The summed E-state index contributed by atoms with van der Waals surface area (Å²) >= 11 is 0. The fourth-order valence-corrected chi connectivity index (χ4v) is 4.02. The molecule has 1 N–H and O–H groups in total. The van der Waals surface area contributed by atoms with Crippen LogP contribution in [-0.4, -0.2) is 31.0 Å². The number of aromatic carboxylic acids is 1. The summed E-state index contributed by atoms with van der Waals surface area (Å²) in [6.45, 7) is 8.49. The molecule has 0 radical (unpaired) electrons. The molecule has 4 nitrogen and oxygen atoms in total. The number of hydrogen-bond acceptors (Lipinski definition) is 3. The number of nitrogens with zero attached hydrogens (tertiary/aromatic N) is 1. The highest BCUT2D eigenvalue weighted by Gasteiger charge is 2.26. The molecule has 0 aliphatic heterocycles. The normalized spacial score (nSPS) is 11.6. The van der Waals surface area contributed by atoms with Crippen molar-refractivity contribution in [1.29, 1.82) is 0 Å². The Kier molecular flexibility index (Phi) is 6.87. The average molecular weight is 442 g/mol. The molecule has 0 aliphatic carbocycles. The predicted molar refractivity (Wildman–Crippen MR) is 136 cm³/mol. The zero-order valence-corrected chi connectivity index (χ0v) is 20.1. The van der Waals surface area contributed by atoms with E-state index in [1.807, 2.05) is 45.3 Å². The van der Waals surface area contributed by atoms with Crippen LogP contribution in [0.1, 0.15) is 58.2 Å². The Labute approximate surface area is 196 Å². The van der Waals surface area contributed by atoms with Gasteiger partial charge in [-0.15, -0.1) is 0 Å². The predicted octanol–water partition coefficient (Wildman–Crippen LogP) is 6.62. The minimum atomic E-state index is -0.971. The Balaban J connectivity index is 2.15. The fourth-order valence-electron chi connectivity index (χ4n) is 4.02. The van der Waals surface area contributed by atoms with Gasteiger partial charge in [-0.25, -0.2) is 4.79 Å². The third-order valence-corrected chi connectivity index (χ3v) is 5.73. The van der Waals surface area contributed by atoms with Gasteiger partial charge in [0.1, 0.15) is 0 Å². The number of hydrogen-bond donors (Lipinski definition) is 1. The third-order valence-electron chi connectivity index (χ3n) is 5.73. The molecule has 0 saturated carbocycles. The lowest BCUT2D eigenvalue weighted by Crippen LogP contribution is -2.22. The van der Waals surface area contributed by atoms with Gasteiger partial charge in [-0.2, -0.15) is 0 Å². The monoisotopic (exact) mass is 441 g/mol. The second-order valence-corrected chi connectivity index (χ2v) is 9.46. The summed E-state index contributed by atoms with van der Waals surface area (Å²) in [6, 6.07) is 18.7. The molecule has 0 aliphatic rings. The number of anilines is 1. The van der Waals surface area contributed by atoms with Crippen molar-refractivity contribution in [2.45, 2.75) is 33.1 Å². The maximum absolute atomic E-state index is 13.4. The number of carbonyl (C=O) groups excluding carboxylic acids is 1. The Bertz CT molecular complexity index is 1200. The van der Waals surface area contributed by atoms with Gasteiger partial charge < -0.3 is 10.0 Å². The van der Waals surface area contributed by atoms with E-state index in [1.54, 1.807) is 24.3 Å². The molecule has 0 heterocycles. The second-order valence-electron chi connectivity index (χ2n) is 9.46. The van der Waals surface area contributed by atoms with Crippen LogP contribution in [0, 0.1) is 6.92 Å². The highest BCUT2D eigenvalue weighted by molar-refractivity contribution is 6.10. The van der Waals surface area contributed by atoms with Crippen LogP contribution in [0.25, 0.3) is 17.2 Å². The van der Waals surface area contributed by atoms with Gasteiger partial charge in [0, 0.05) is 30.9 Å². The van der Waals surface area contributed by atoms with Crippen LogP contribution in [0.3, 0.4) is 0 Å². The topological polar surface area (TPSA) is 57.6 Å².